The van der Waals surface area contributed by atoms with E-state index in [4.69, 9.17) is 0 Å². The predicted molar refractivity (Wildman–Crippen MR) is 133 cm³/mol. The van der Waals surface area contributed by atoms with Gasteiger partial charge in [0, 0.05) is 34.8 Å². The number of fused-ring (bicyclic) bond motifs is 2. The topological polar surface area (TPSA) is 83.4 Å². The molecule has 0 saturated heterocycles. The highest BCUT2D eigenvalue weighted by atomic mass is 16.2. The van der Waals surface area contributed by atoms with Gasteiger partial charge in [-0.15, -0.1) is 0 Å². The Labute approximate surface area is 203 Å². The lowest BCUT2D eigenvalue weighted by Gasteiger charge is -2.26. The normalized spacial score (nSPS) is 14.7. The van der Waals surface area contributed by atoms with Crippen LogP contribution in [0.2, 0.25) is 0 Å². The van der Waals surface area contributed by atoms with E-state index in [-0.39, 0.29) is 24.8 Å². The molecule has 5 rings (SSSR count). The molecule has 1 aromatic heterocycles. The van der Waals surface area contributed by atoms with Crippen LogP contribution in [0.25, 0.3) is 10.9 Å². The SMILES string of the molecule is Cc1c([C@@H]2c3ccccc3C(=O)N2CC(=O)NNC(=O)Cc2ccccc2)c2ccccc2n1C. The van der Waals surface area contributed by atoms with Crippen LogP contribution >= 0.6 is 0 Å². The molecule has 2 heterocycles. The minimum atomic E-state index is -0.463. The van der Waals surface area contributed by atoms with E-state index >= 15 is 0 Å². The zero-order valence-corrected chi connectivity index (χ0v) is 19.6. The first-order valence-corrected chi connectivity index (χ1v) is 11.5. The monoisotopic (exact) mass is 466 g/mol. The largest absolute Gasteiger partial charge is 0.348 e. The molecule has 0 saturated carbocycles. The standard InChI is InChI=1S/C28H26N4O3/c1-18-26(22-14-8-9-15-23(22)31(18)2)27-20-12-6-7-13-21(20)28(35)32(27)17-25(34)30-29-24(33)16-19-10-4-3-5-11-19/h3-15,27H,16-17H2,1-2H3,(H,29,33)(H,30,34)/t27-/m0/s1. The molecule has 1 aliphatic rings. The molecule has 4 aromatic rings. The summed E-state index contributed by atoms with van der Waals surface area (Å²) in [5.41, 5.74) is 10.3. The van der Waals surface area contributed by atoms with Gasteiger partial charge in [-0.25, -0.2) is 0 Å². The Hall–Kier alpha value is -4.39. The van der Waals surface area contributed by atoms with Crippen molar-refractivity contribution in [2.45, 2.75) is 19.4 Å². The number of nitrogens with one attached hydrogen (secondary N) is 2. The van der Waals surface area contributed by atoms with Crippen LogP contribution in [-0.2, 0) is 23.1 Å². The molecule has 1 atom stereocenters. The van der Waals surface area contributed by atoms with Crippen LogP contribution in [0.5, 0.6) is 0 Å². The van der Waals surface area contributed by atoms with Crippen LogP contribution in [0.4, 0.5) is 0 Å². The summed E-state index contributed by atoms with van der Waals surface area (Å²) in [6.07, 6.45) is 0.146. The van der Waals surface area contributed by atoms with E-state index in [1.165, 1.54) is 0 Å². The number of carbonyl (C=O) groups is 3. The van der Waals surface area contributed by atoms with E-state index in [1.807, 2.05) is 86.8 Å². The first-order chi connectivity index (χ1) is 17.0. The van der Waals surface area contributed by atoms with Crippen molar-refractivity contribution in [3.05, 3.63) is 107 Å². The lowest BCUT2D eigenvalue weighted by atomic mass is 9.95. The summed E-state index contributed by atoms with van der Waals surface area (Å²) < 4.78 is 2.11. The van der Waals surface area contributed by atoms with Crippen LogP contribution in [0.15, 0.2) is 78.9 Å². The number of aromatic nitrogens is 1. The molecule has 35 heavy (non-hydrogen) atoms. The van der Waals surface area contributed by atoms with Crippen molar-refractivity contribution in [1.29, 1.82) is 0 Å². The molecule has 0 bridgehead atoms. The summed E-state index contributed by atoms with van der Waals surface area (Å²) in [4.78, 5) is 40.1. The Kier molecular flexibility index (Phi) is 5.82. The fourth-order valence-corrected chi connectivity index (χ4v) is 4.90. The van der Waals surface area contributed by atoms with E-state index in [1.54, 1.807) is 11.0 Å². The second-order valence-electron chi connectivity index (χ2n) is 8.76. The number of hydrogen-bond acceptors (Lipinski definition) is 3. The van der Waals surface area contributed by atoms with Crippen LogP contribution in [-0.4, -0.2) is 33.7 Å². The molecular weight excluding hydrogens is 440 g/mol. The van der Waals surface area contributed by atoms with Gasteiger partial charge in [0.15, 0.2) is 0 Å². The maximum atomic E-state index is 13.4. The number of hydrazine groups is 1. The minimum Gasteiger partial charge on any atom is -0.348 e. The molecule has 0 aliphatic carbocycles. The maximum Gasteiger partial charge on any atom is 0.258 e. The average molecular weight is 467 g/mol. The fourth-order valence-electron chi connectivity index (χ4n) is 4.90. The van der Waals surface area contributed by atoms with Gasteiger partial charge in [-0.1, -0.05) is 66.7 Å². The number of para-hydroxylation sites is 1. The first kappa shape index (κ1) is 22.4. The van der Waals surface area contributed by atoms with Crippen LogP contribution in [0.1, 0.15) is 38.8 Å². The van der Waals surface area contributed by atoms with E-state index in [2.05, 4.69) is 15.4 Å². The fraction of sp³-hybridized carbons (Fsp3) is 0.179. The van der Waals surface area contributed by atoms with E-state index in [0.717, 1.165) is 33.3 Å². The molecule has 2 N–H and O–H groups in total. The van der Waals surface area contributed by atoms with Crippen LogP contribution < -0.4 is 10.9 Å². The van der Waals surface area contributed by atoms with Crippen molar-refractivity contribution in [1.82, 2.24) is 20.3 Å². The molecule has 7 nitrogen and oxygen atoms in total. The third-order valence-corrected chi connectivity index (χ3v) is 6.64. The summed E-state index contributed by atoms with van der Waals surface area (Å²) in [6.45, 7) is 1.84. The molecule has 3 amide bonds. The van der Waals surface area contributed by atoms with Crippen molar-refractivity contribution in [2.24, 2.45) is 7.05 Å². The number of benzene rings is 3. The Balaban J connectivity index is 1.40. The quantitative estimate of drug-likeness (QED) is 0.442. The molecule has 3 aromatic carbocycles. The molecule has 0 fully saturated rings. The maximum absolute atomic E-state index is 13.4. The van der Waals surface area contributed by atoms with Crippen LogP contribution in [0.3, 0.4) is 0 Å². The number of rotatable bonds is 5. The zero-order valence-electron chi connectivity index (χ0n) is 19.6. The Morgan fingerprint density at radius 3 is 2.31 bits per heavy atom. The second kappa shape index (κ2) is 9.10. The lowest BCUT2D eigenvalue weighted by molar-refractivity contribution is -0.129. The summed E-state index contributed by atoms with van der Waals surface area (Å²) in [6, 6.07) is 24.4. The molecule has 7 heteroatoms. The van der Waals surface area contributed by atoms with E-state index < -0.39 is 11.9 Å². The molecule has 1 aliphatic heterocycles. The predicted octanol–water partition coefficient (Wildman–Crippen LogP) is 3.42. The summed E-state index contributed by atoms with van der Waals surface area (Å²) in [7, 11) is 2.00. The molecular formula is C28H26N4O3. The number of hydrogen-bond donors (Lipinski definition) is 2. The highest BCUT2D eigenvalue weighted by Gasteiger charge is 2.40. The van der Waals surface area contributed by atoms with Crippen molar-refractivity contribution >= 4 is 28.6 Å². The van der Waals surface area contributed by atoms with Gasteiger partial charge in [-0.3, -0.25) is 25.2 Å². The molecule has 0 spiro atoms. The summed E-state index contributed by atoms with van der Waals surface area (Å²) in [5, 5.41) is 1.04. The minimum absolute atomic E-state index is 0.146. The van der Waals surface area contributed by atoms with Gasteiger partial charge in [0.1, 0.15) is 6.54 Å². The van der Waals surface area contributed by atoms with Gasteiger partial charge >= 0.3 is 0 Å². The third kappa shape index (κ3) is 4.05. The van der Waals surface area contributed by atoms with Gasteiger partial charge in [0.2, 0.25) is 5.91 Å². The number of aryl methyl sites for hydroxylation is 1. The Morgan fingerprint density at radius 2 is 1.51 bits per heavy atom. The lowest BCUT2D eigenvalue weighted by Crippen LogP contribution is -2.47. The van der Waals surface area contributed by atoms with Gasteiger partial charge in [-0.05, 0) is 30.2 Å². The smallest absolute Gasteiger partial charge is 0.258 e. The number of amides is 3. The van der Waals surface area contributed by atoms with Crippen molar-refractivity contribution in [3.63, 3.8) is 0 Å². The second-order valence-corrected chi connectivity index (χ2v) is 8.76. The Morgan fingerprint density at radius 1 is 0.857 bits per heavy atom. The van der Waals surface area contributed by atoms with Gasteiger partial charge in [0.05, 0.1) is 12.5 Å². The van der Waals surface area contributed by atoms with E-state index in [0.29, 0.717) is 5.56 Å². The molecule has 0 radical (unpaired) electrons. The van der Waals surface area contributed by atoms with Crippen molar-refractivity contribution in [3.8, 4) is 0 Å². The number of carbonyl (C=O) groups excluding carboxylic acids is 3. The van der Waals surface area contributed by atoms with Gasteiger partial charge < -0.3 is 9.47 Å². The average Bonchev–Trinajstić information content (AvgIpc) is 3.28. The third-order valence-electron chi connectivity index (χ3n) is 6.64. The summed E-state index contributed by atoms with van der Waals surface area (Å²) in [5.74, 6) is -0.999. The highest BCUT2D eigenvalue weighted by molar-refractivity contribution is 6.03. The van der Waals surface area contributed by atoms with E-state index in [9.17, 15) is 14.4 Å². The Bertz CT molecular complexity index is 1440. The molecule has 176 valence electrons. The first-order valence-electron chi connectivity index (χ1n) is 11.5. The van der Waals surface area contributed by atoms with Crippen molar-refractivity contribution in [2.75, 3.05) is 6.54 Å². The van der Waals surface area contributed by atoms with Gasteiger partial charge in [0.25, 0.3) is 11.8 Å². The zero-order chi connectivity index (χ0) is 24.5. The molecule has 0 unspecified atom stereocenters. The number of nitrogens with zero attached hydrogens (tertiary/aromatic N) is 2. The van der Waals surface area contributed by atoms with Crippen molar-refractivity contribution < 1.29 is 14.4 Å². The van der Waals surface area contributed by atoms with Gasteiger partial charge in [-0.2, -0.15) is 0 Å². The highest BCUT2D eigenvalue weighted by Crippen LogP contribution is 2.43. The summed E-state index contributed by atoms with van der Waals surface area (Å²) >= 11 is 0. The van der Waals surface area contributed by atoms with Crippen LogP contribution in [0, 0.1) is 6.92 Å².